The summed E-state index contributed by atoms with van der Waals surface area (Å²) in [5, 5.41) is 0.523. The van der Waals surface area contributed by atoms with Gasteiger partial charge in [0.15, 0.2) is 6.61 Å². The van der Waals surface area contributed by atoms with E-state index in [1.165, 1.54) is 0 Å². The second-order valence-corrected chi connectivity index (χ2v) is 3.69. The molecule has 0 heterocycles. The molecular formula is C12H16ClNO2. The van der Waals surface area contributed by atoms with E-state index >= 15 is 0 Å². The maximum Gasteiger partial charge on any atom is 0.260 e. The van der Waals surface area contributed by atoms with Gasteiger partial charge in [-0.15, -0.1) is 0 Å². The number of ether oxygens (including phenoxy) is 1. The Morgan fingerprint density at radius 1 is 1.31 bits per heavy atom. The van der Waals surface area contributed by atoms with Crippen molar-refractivity contribution in [3.05, 3.63) is 29.3 Å². The van der Waals surface area contributed by atoms with Crippen LogP contribution in [0.25, 0.3) is 0 Å². The standard InChI is InChI=1S/C12H16ClNO2/c1-3-14(4-2)12(15)9-16-11-8-6-5-7-10(11)13/h5-8H,3-4,9H2,1-2H3. The van der Waals surface area contributed by atoms with E-state index in [4.69, 9.17) is 16.3 Å². The number of para-hydroxylation sites is 1. The van der Waals surface area contributed by atoms with Gasteiger partial charge in [0.1, 0.15) is 5.75 Å². The lowest BCUT2D eigenvalue weighted by Crippen LogP contribution is -2.34. The summed E-state index contributed by atoms with van der Waals surface area (Å²) in [5.74, 6) is 0.523. The lowest BCUT2D eigenvalue weighted by atomic mass is 10.3. The van der Waals surface area contributed by atoms with Gasteiger partial charge in [-0.3, -0.25) is 4.79 Å². The molecule has 16 heavy (non-hydrogen) atoms. The maximum absolute atomic E-state index is 11.6. The third-order valence-corrected chi connectivity index (χ3v) is 2.62. The summed E-state index contributed by atoms with van der Waals surface area (Å²) >= 11 is 5.91. The summed E-state index contributed by atoms with van der Waals surface area (Å²) < 4.78 is 5.36. The summed E-state index contributed by atoms with van der Waals surface area (Å²) in [6.45, 7) is 5.31. The first kappa shape index (κ1) is 12.8. The second kappa shape index (κ2) is 6.38. The molecule has 4 heteroatoms. The molecule has 88 valence electrons. The van der Waals surface area contributed by atoms with Gasteiger partial charge in [0.25, 0.3) is 5.91 Å². The molecule has 0 bridgehead atoms. The molecule has 0 radical (unpaired) electrons. The third-order valence-electron chi connectivity index (χ3n) is 2.30. The van der Waals surface area contributed by atoms with E-state index < -0.39 is 0 Å². The Hall–Kier alpha value is -1.22. The molecule has 0 aliphatic rings. The van der Waals surface area contributed by atoms with Gasteiger partial charge in [0.2, 0.25) is 0 Å². The zero-order valence-corrected chi connectivity index (χ0v) is 10.3. The van der Waals surface area contributed by atoms with Gasteiger partial charge in [0, 0.05) is 13.1 Å². The zero-order chi connectivity index (χ0) is 12.0. The highest BCUT2D eigenvalue weighted by molar-refractivity contribution is 6.32. The van der Waals surface area contributed by atoms with Crippen LogP contribution < -0.4 is 4.74 Å². The summed E-state index contributed by atoms with van der Waals surface area (Å²) in [7, 11) is 0. The van der Waals surface area contributed by atoms with E-state index in [2.05, 4.69) is 0 Å². The van der Waals surface area contributed by atoms with Crippen molar-refractivity contribution in [2.24, 2.45) is 0 Å². The number of hydrogen-bond donors (Lipinski definition) is 0. The van der Waals surface area contributed by atoms with Crippen molar-refractivity contribution in [1.82, 2.24) is 4.90 Å². The molecular weight excluding hydrogens is 226 g/mol. The van der Waals surface area contributed by atoms with Crippen LogP contribution in [-0.2, 0) is 4.79 Å². The monoisotopic (exact) mass is 241 g/mol. The predicted octanol–water partition coefficient (Wildman–Crippen LogP) is 2.59. The number of amides is 1. The molecule has 0 N–H and O–H groups in total. The second-order valence-electron chi connectivity index (χ2n) is 3.29. The minimum absolute atomic E-state index is 0.0232. The molecule has 0 aliphatic heterocycles. The van der Waals surface area contributed by atoms with E-state index in [1.807, 2.05) is 26.0 Å². The highest BCUT2D eigenvalue weighted by Crippen LogP contribution is 2.22. The summed E-state index contributed by atoms with van der Waals surface area (Å²) in [5.41, 5.74) is 0. The molecule has 1 amide bonds. The largest absolute Gasteiger partial charge is 0.482 e. The molecule has 1 aromatic rings. The van der Waals surface area contributed by atoms with Crippen LogP contribution in [0.5, 0.6) is 5.75 Å². The smallest absolute Gasteiger partial charge is 0.260 e. The fourth-order valence-corrected chi connectivity index (χ4v) is 1.56. The van der Waals surface area contributed by atoms with Crippen molar-refractivity contribution in [3.63, 3.8) is 0 Å². The van der Waals surface area contributed by atoms with Crippen molar-refractivity contribution in [2.45, 2.75) is 13.8 Å². The number of carbonyl (C=O) groups is 1. The normalized spacial score (nSPS) is 9.94. The van der Waals surface area contributed by atoms with Gasteiger partial charge in [-0.25, -0.2) is 0 Å². The van der Waals surface area contributed by atoms with Crippen molar-refractivity contribution in [3.8, 4) is 5.75 Å². The zero-order valence-electron chi connectivity index (χ0n) is 9.57. The minimum atomic E-state index is -0.0232. The average Bonchev–Trinajstić information content (AvgIpc) is 2.29. The lowest BCUT2D eigenvalue weighted by molar-refractivity contribution is -0.132. The molecule has 0 unspecified atom stereocenters. The SMILES string of the molecule is CCN(CC)C(=O)COc1ccccc1Cl. The van der Waals surface area contributed by atoms with E-state index in [0.29, 0.717) is 23.9 Å². The van der Waals surface area contributed by atoms with Crippen LogP contribution >= 0.6 is 11.6 Å². The number of rotatable bonds is 5. The number of halogens is 1. The first-order valence-electron chi connectivity index (χ1n) is 5.34. The van der Waals surface area contributed by atoms with Gasteiger partial charge in [0.05, 0.1) is 5.02 Å². The van der Waals surface area contributed by atoms with Crippen LogP contribution in [0, 0.1) is 0 Å². The fourth-order valence-electron chi connectivity index (χ4n) is 1.37. The molecule has 0 saturated carbocycles. The first-order chi connectivity index (χ1) is 7.69. The van der Waals surface area contributed by atoms with Crippen molar-refractivity contribution in [1.29, 1.82) is 0 Å². The van der Waals surface area contributed by atoms with Gasteiger partial charge in [-0.1, -0.05) is 23.7 Å². The summed E-state index contributed by atoms with van der Waals surface area (Å²) in [4.78, 5) is 13.4. The third kappa shape index (κ3) is 3.42. The average molecular weight is 242 g/mol. The molecule has 1 rings (SSSR count). The van der Waals surface area contributed by atoms with Crippen LogP contribution in [0.15, 0.2) is 24.3 Å². The molecule has 3 nitrogen and oxygen atoms in total. The van der Waals surface area contributed by atoms with E-state index in [1.54, 1.807) is 17.0 Å². The van der Waals surface area contributed by atoms with Gasteiger partial charge in [-0.05, 0) is 26.0 Å². The predicted molar refractivity (Wildman–Crippen MR) is 64.9 cm³/mol. The fraction of sp³-hybridized carbons (Fsp3) is 0.417. The minimum Gasteiger partial charge on any atom is -0.482 e. The number of benzene rings is 1. The summed E-state index contributed by atoms with van der Waals surface area (Å²) in [6.07, 6.45) is 0. The molecule has 0 aromatic heterocycles. The van der Waals surface area contributed by atoms with Crippen LogP contribution in [-0.4, -0.2) is 30.5 Å². The quantitative estimate of drug-likeness (QED) is 0.793. The van der Waals surface area contributed by atoms with Gasteiger partial charge >= 0.3 is 0 Å². The number of likely N-dealkylation sites (N-methyl/N-ethyl adjacent to an activating group) is 1. The number of nitrogens with zero attached hydrogens (tertiary/aromatic N) is 1. The molecule has 0 fully saturated rings. The van der Waals surface area contributed by atoms with Crippen molar-refractivity contribution >= 4 is 17.5 Å². The molecule has 0 saturated heterocycles. The van der Waals surface area contributed by atoms with Crippen molar-refractivity contribution in [2.75, 3.05) is 19.7 Å². The number of carbonyl (C=O) groups excluding carboxylic acids is 1. The molecule has 1 aromatic carbocycles. The first-order valence-corrected chi connectivity index (χ1v) is 5.72. The number of hydrogen-bond acceptors (Lipinski definition) is 2. The molecule has 0 spiro atoms. The topological polar surface area (TPSA) is 29.5 Å². The van der Waals surface area contributed by atoms with Crippen molar-refractivity contribution < 1.29 is 9.53 Å². The molecule has 0 aliphatic carbocycles. The van der Waals surface area contributed by atoms with E-state index in [0.717, 1.165) is 0 Å². The van der Waals surface area contributed by atoms with Crippen LogP contribution in [0.1, 0.15) is 13.8 Å². The van der Waals surface area contributed by atoms with Gasteiger partial charge < -0.3 is 9.64 Å². The Labute approximate surface area is 101 Å². The highest BCUT2D eigenvalue weighted by Gasteiger charge is 2.10. The highest BCUT2D eigenvalue weighted by atomic mass is 35.5. The van der Waals surface area contributed by atoms with E-state index in [-0.39, 0.29) is 12.5 Å². The Morgan fingerprint density at radius 2 is 1.94 bits per heavy atom. The van der Waals surface area contributed by atoms with Gasteiger partial charge in [-0.2, -0.15) is 0 Å². The Balaban J connectivity index is 2.52. The summed E-state index contributed by atoms with van der Waals surface area (Å²) in [6, 6.07) is 7.13. The maximum atomic E-state index is 11.6. The van der Waals surface area contributed by atoms with Crippen LogP contribution in [0.2, 0.25) is 5.02 Å². The Kier molecular flexibility index (Phi) is 5.12. The van der Waals surface area contributed by atoms with Crippen LogP contribution in [0.4, 0.5) is 0 Å². The Morgan fingerprint density at radius 3 is 2.50 bits per heavy atom. The van der Waals surface area contributed by atoms with Crippen LogP contribution in [0.3, 0.4) is 0 Å². The Bertz CT molecular complexity index is 351. The molecule has 0 atom stereocenters. The van der Waals surface area contributed by atoms with E-state index in [9.17, 15) is 4.79 Å². The lowest BCUT2D eigenvalue weighted by Gasteiger charge is -2.18.